The summed E-state index contributed by atoms with van der Waals surface area (Å²) < 4.78 is 0. The number of nitrogens with two attached hydrogens (primary N) is 1. The fraction of sp³-hybridized carbons (Fsp3) is 0.400. The number of anilines is 1. The Kier molecular flexibility index (Phi) is 4.07. The number of aryl methyl sites for hydroxylation is 1. The molecule has 0 aliphatic carbocycles. The van der Waals surface area contributed by atoms with Gasteiger partial charge in [-0.25, -0.2) is 4.98 Å². The van der Waals surface area contributed by atoms with Crippen LogP contribution in [0, 0.1) is 0 Å². The highest BCUT2D eigenvalue weighted by atomic mass is 16.1. The Labute approximate surface area is 83.5 Å². The molecular weight excluding hydrogens is 178 g/mol. The molecule has 3 N–H and O–H groups in total. The van der Waals surface area contributed by atoms with Crippen LogP contribution in [-0.2, 0) is 11.2 Å². The second kappa shape index (κ2) is 5.34. The van der Waals surface area contributed by atoms with Gasteiger partial charge >= 0.3 is 0 Å². The van der Waals surface area contributed by atoms with Gasteiger partial charge in [0.1, 0.15) is 12.1 Å². The van der Waals surface area contributed by atoms with E-state index < -0.39 is 0 Å². The van der Waals surface area contributed by atoms with Gasteiger partial charge in [0.05, 0.1) is 6.04 Å². The van der Waals surface area contributed by atoms with Gasteiger partial charge in [0.25, 0.3) is 0 Å². The number of carbonyl (C=O) groups excluding carboxylic acids is 1. The van der Waals surface area contributed by atoms with E-state index in [1.54, 1.807) is 6.20 Å². The third-order valence-corrected chi connectivity index (χ3v) is 2.05. The van der Waals surface area contributed by atoms with Crippen molar-refractivity contribution in [1.29, 1.82) is 0 Å². The van der Waals surface area contributed by atoms with Crippen LogP contribution in [0.15, 0.2) is 18.3 Å². The van der Waals surface area contributed by atoms with Gasteiger partial charge in [-0.1, -0.05) is 6.07 Å². The minimum Gasteiger partial charge on any atom is -0.373 e. The molecule has 76 valence electrons. The summed E-state index contributed by atoms with van der Waals surface area (Å²) >= 11 is 0. The van der Waals surface area contributed by atoms with Crippen LogP contribution in [-0.4, -0.2) is 24.4 Å². The average molecular weight is 193 g/mol. The summed E-state index contributed by atoms with van der Waals surface area (Å²) in [5, 5.41) is 3.00. The lowest BCUT2D eigenvalue weighted by atomic mass is 10.1. The van der Waals surface area contributed by atoms with Gasteiger partial charge in [0.2, 0.25) is 0 Å². The molecule has 1 atom stereocenters. The molecule has 0 amide bonds. The SMILES string of the molecule is CNc1ncccc1CCC(N)C=O. The van der Waals surface area contributed by atoms with Crippen molar-refractivity contribution < 1.29 is 4.79 Å². The zero-order valence-electron chi connectivity index (χ0n) is 8.23. The van der Waals surface area contributed by atoms with Crippen LogP contribution in [0.2, 0.25) is 0 Å². The molecule has 0 aliphatic heterocycles. The number of aldehydes is 1. The quantitative estimate of drug-likeness (QED) is 0.671. The van der Waals surface area contributed by atoms with Crippen molar-refractivity contribution in [3.63, 3.8) is 0 Å². The molecule has 1 heterocycles. The minimum atomic E-state index is -0.375. The molecule has 0 aromatic carbocycles. The number of nitrogens with zero attached hydrogens (tertiary/aromatic N) is 1. The minimum absolute atomic E-state index is 0.375. The molecule has 0 radical (unpaired) electrons. The molecule has 1 aromatic rings. The summed E-state index contributed by atoms with van der Waals surface area (Å²) in [5.41, 5.74) is 6.59. The molecule has 4 heteroatoms. The second-order valence-electron chi connectivity index (χ2n) is 3.10. The number of rotatable bonds is 5. The molecule has 14 heavy (non-hydrogen) atoms. The Morgan fingerprint density at radius 3 is 3.14 bits per heavy atom. The Balaban J connectivity index is 2.61. The maximum Gasteiger partial charge on any atom is 0.136 e. The molecule has 0 bridgehead atoms. The first-order chi connectivity index (χ1) is 6.77. The highest BCUT2D eigenvalue weighted by molar-refractivity contribution is 5.57. The lowest BCUT2D eigenvalue weighted by molar-refractivity contribution is -0.109. The maximum absolute atomic E-state index is 10.3. The van der Waals surface area contributed by atoms with E-state index in [4.69, 9.17) is 5.73 Å². The fourth-order valence-electron chi connectivity index (χ4n) is 1.26. The summed E-state index contributed by atoms with van der Waals surface area (Å²) in [6, 6.07) is 3.49. The monoisotopic (exact) mass is 193 g/mol. The summed E-state index contributed by atoms with van der Waals surface area (Å²) in [7, 11) is 1.82. The van der Waals surface area contributed by atoms with Crippen LogP contribution in [0.3, 0.4) is 0 Å². The third kappa shape index (κ3) is 2.81. The summed E-state index contributed by atoms with van der Waals surface area (Å²) in [6.45, 7) is 0. The lowest BCUT2D eigenvalue weighted by Crippen LogP contribution is -2.22. The molecule has 0 spiro atoms. The van der Waals surface area contributed by atoms with Gasteiger partial charge in [-0.05, 0) is 24.5 Å². The van der Waals surface area contributed by atoms with Crippen molar-refractivity contribution >= 4 is 12.1 Å². The molecule has 0 saturated heterocycles. The van der Waals surface area contributed by atoms with E-state index in [1.165, 1.54) is 0 Å². The number of pyridine rings is 1. The van der Waals surface area contributed by atoms with E-state index >= 15 is 0 Å². The van der Waals surface area contributed by atoms with Gasteiger partial charge in [-0.3, -0.25) is 0 Å². The zero-order chi connectivity index (χ0) is 10.4. The number of hydrogen-bond donors (Lipinski definition) is 2. The molecular formula is C10H15N3O. The number of aromatic nitrogens is 1. The van der Waals surface area contributed by atoms with Crippen LogP contribution in [0.25, 0.3) is 0 Å². The molecule has 1 unspecified atom stereocenters. The van der Waals surface area contributed by atoms with Gasteiger partial charge < -0.3 is 15.8 Å². The van der Waals surface area contributed by atoms with Gasteiger partial charge in [0, 0.05) is 13.2 Å². The first kappa shape index (κ1) is 10.7. The van der Waals surface area contributed by atoms with Crippen LogP contribution < -0.4 is 11.1 Å². The van der Waals surface area contributed by atoms with E-state index in [2.05, 4.69) is 10.3 Å². The Morgan fingerprint density at radius 1 is 1.71 bits per heavy atom. The standard InChI is InChI=1S/C10H15N3O/c1-12-10-8(3-2-6-13-10)4-5-9(11)7-14/h2-3,6-7,9H,4-5,11H2,1H3,(H,12,13). The molecule has 0 aliphatic rings. The van der Waals surface area contributed by atoms with Crippen molar-refractivity contribution in [2.45, 2.75) is 18.9 Å². The van der Waals surface area contributed by atoms with Gasteiger partial charge in [0.15, 0.2) is 0 Å². The molecule has 0 fully saturated rings. The molecule has 1 aromatic heterocycles. The largest absolute Gasteiger partial charge is 0.373 e. The van der Waals surface area contributed by atoms with Crippen molar-refractivity contribution in [1.82, 2.24) is 4.98 Å². The van der Waals surface area contributed by atoms with Crippen molar-refractivity contribution in [2.24, 2.45) is 5.73 Å². The molecule has 4 nitrogen and oxygen atoms in total. The van der Waals surface area contributed by atoms with E-state index in [0.29, 0.717) is 6.42 Å². The average Bonchev–Trinajstić information content (AvgIpc) is 2.26. The maximum atomic E-state index is 10.3. The molecule has 1 rings (SSSR count). The highest BCUT2D eigenvalue weighted by Gasteiger charge is 2.04. The third-order valence-electron chi connectivity index (χ3n) is 2.05. The predicted octanol–water partition coefficient (Wildman–Crippen LogP) is 0.582. The van der Waals surface area contributed by atoms with Crippen LogP contribution in [0.5, 0.6) is 0 Å². The summed E-state index contributed by atoms with van der Waals surface area (Å²) in [5.74, 6) is 0.852. The number of nitrogens with one attached hydrogen (secondary N) is 1. The topological polar surface area (TPSA) is 68.0 Å². The Bertz CT molecular complexity index is 301. The smallest absolute Gasteiger partial charge is 0.136 e. The lowest BCUT2D eigenvalue weighted by Gasteiger charge is -2.08. The number of carbonyl (C=O) groups is 1. The first-order valence-corrected chi connectivity index (χ1v) is 4.60. The predicted molar refractivity (Wildman–Crippen MR) is 56.1 cm³/mol. The van der Waals surface area contributed by atoms with E-state index in [9.17, 15) is 4.79 Å². The van der Waals surface area contributed by atoms with E-state index in [1.807, 2.05) is 19.2 Å². The summed E-state index contributed by atoms with van der Waals surface area (Å²) in [6.07, 6.45) is 3.93. The number of hydrogen-bond acceptors (Lipinski definition) is 4. The Hall–Kier alpha value is -1.42. The molecule has 0 saturated carbocycles. The van der Waals surface area contributed by atoms with Crippen molar-refractivity contribution in [3.05, 3.63) is 23.9 Å². The van der Waals surface area contributed by atoms with Crippen molar-refractivity contribution in [2.75, 3.05) is 12.4 Å². The van der Waals surface area contributed by atoms with E-state index in [0.717, 1.165) is 24.1 Å². The fourth-order valence-corrected chi connectivity index (χ4v) is 1.26. The van der Waals surface area contributed by atoms with Crippen LogP contribution in [0.4, 0.5) is 5.82 Å². The second-order valence-corrected chi connectivity index (χ2v) is 3.10. The first-order valence-electron chi connectivity index (χ1n) is 4.60. The van der Waals surface area contributed by atoms with Crippen molar-refractivity contribution in [3.8, 4) is 0 Å². The highest BCUT2D eigenvalue weighted by Crippen LogP contribution is 2.12. The van der Waals surface area contributed by atoms with Crippen LogP contribution in [0.1, 0.15) is 12.0 Å². The normalized spacial score (nSPS) is 12.1. The van der Waals surface area contributed by atoms with E-state index in [-0.39, 0.29) is 6.04 Å². The van der Waals surface area contributed by atoms with Crippen LogP contribution >= 0.6 is 0 Å². The summed E-state index contributed by atoms with van der Waals surface area (Å²) in [4.78, 5) is 14.5. The van der Waals surface area contributed by atoms with Gasteiger partial charge in [-0.15, -0.1) is 0 Å². The van der Waals surface area contributed by atoms with Gasteiger partial charge in [-0.2, -0.15) is 0 Å². The Morgan fingerprint density at radius 2 is 2.50 bits per heavy atom. The zero-order valence-corrected chi connectivity index (χ0v) is 8.23.